The molecule has 1 saturated carbocycles. The summed E-state index contributed by atoms with van der Waals surface area (Å²) in [6.07, 6.45) is 6.27. The molecule has 0 radical (unpaired) electrons. The van der Waals surface area contributed by atoms with Crippen LogP contribution in [0.25, 0.3) is 0 Å². The largest absolute Gasteiger partial charge is 0.352 e. The van der Waals surface area contributed by atoms with E-state index in [2.05, 4.69) is 22.5 Å². The molecule has 8 heteroatoms. The summed E-state index contributed by atoms with van der Waals surface area (Å²) in [4.78, 5) is 37.1. The molecule has 1 heterocycles. The summed E-state index contributed by atoms with van der Waals surface area (Å²) in [5, 5.41) is 16.9. The molecule has 1 aromatic carbocycles. The van der Waals surface area contributed by atoms with E-state index in [4.69, 9.17) is 0 Å². The molecule has 1 aromatic rings. The lowest BCUT2D eigenvalue weighted by molar-refractivity contribution is -0.384. The second kappa shape index (κ2) is 9.82. The van der Waals surface area contributed by atoms with Crippen molar-refractivity contribution in [3.05, 3.63) is 39.9 Å². The molecule has 3 rings (SSSR count). The molecule has 0 unspecified atom stereocenters. The van der Waals surface area contributed by atoms with Crippen LogP contribution in [0.2, 0.25) is 0 Å². The van der Waals surface area contributed by atoms with Crippen molar-refractivity contribution in [2.45, 2.75) is 57.5 Å². The molecule has 0 aromatic heterocycles. The number of nitro benzene ring substituents is 1. The molecule has 1 aliphatic carbocycles. The van der Waals surface area contributed by atoms with Gasteiger partial charge in [0.15, 0.2) is 0 Å². The van der Waals surface area contributed by atoms with E-state index in [1.165, 1.54) is 43.5 Å². The summed E-state index contributed by atoms with van der Waals surface area (Å²) in [5.41, 5.74) is 0.384. The number of benzene rings is 1. The average molecular weight is 402 g/mol. The lowest BCUT2D eigenvalue weighted by atomic mass is 9.86. The van der Waals surface area contributed by atoms with Gasteiger partial charge in [-0.1, -0.05) is 19.8 Å². The minimum absolute atomic E-state index is 0.0317. The van der Waals surface area contributed by atoms with E-state index in [0.717, 1.165) is 32.4 Å². The Hall–Kier alpha value is -2.48. The minimum atomic E-state index is -0.484. The highest BCUT2D eigenvalue weighted by atomic mass is 16.6. The first kappa shape index (κ1) is 21.2. The van der Waals surface area contributed by atoms with Gasteiger partial charge in [0.2, 0.25) is 5.91 Å². The number of amides is 2. The Kier molecular flexibility index (Phi) is 7.19. The van der Waals surface area contributed by atoms with Crippen LogP contribution in [0.4, 0.5) is 5.69 Å². The number of nitrogens with one attached hydrogen (secondary N) is 2. The quantitative estimate of drug-likeness (QED) is 0.562. The molecule has 29 heavy (non-hydrogen) atoms. The minimum Gasteiger partial charge on any atom is -0.352 e. The molecule has 0 spiro atoms. The van der Waals surface area contributed by atoms with Gasteiger partial charge < -0.3 is 10.6 Å². The van der Waals surface area contributed by atoms with Crippen LogP contribution < -0.4 is 10.6 Å². The number of piperidine rings is 1. The topological polar surface area (TPSA) is 105 Å². The van der Waals surface area contributed by atoms with Gasteiger partial charge in [0.1, 0.15) is 0 Å². The van der Waals surface area contributed by atoms with Gasteiger partial charge in [-0.3, -0.25) is 24.6 Å². The second-order valence-electron chi connectivity index (χ2n) is 8.26. The Bertz CT molecular complexity index is 729. The summed E-state index contributed by atoms with van der Waals surface area (Å²) in [6, 6.07) is 5.97. The summed E-state index contributed by atoms with van der Waals surface area (Å²) >= 11 is 0. The number of likely N-dealkylation sites (tertiary alicyclic amines) is 1. The Morgan fingerprint density at radius 3 is 2.34 bits per heavy atom. The number of nitrogens with zero attached hydrogens (tertiary/aromatic N) is 2. The smallest absolute Gasteiger partial charge is 0.269 e. The zero-order valence-corrected chi connectivity index (χ0v) is 16.9. The molecule has 8 nitrogen and oxygen atoms in total. The highest BCUT2D eigenvalue weighted by Crippen LogP contribution is 2.23. The first-order valence-corrected chi connectivity index (χ1v) is 10.5. The van der Waals surface area contributed by atoms with Crippen LogP contribution in [0, 0.1) is 16.0 Å². The summed E-state index contributed by atoms with van der Waals surface area (Å²) in [7, 11) is 0. The third kappa shape index (κ3) is 6.00. The fraction of sp³-hybridized carbons (Fsp3) is 0.619. The van der Waals surface area contributed by atoms with E-state index in [9.17, 15) is 19.7 Å². The standard InChI is InChI=1S/C21H30N4O4/c1-15-4-2-3-5-19(15)23-20(26)14-24-12-10-17(11-13-24)22-21(27)16-6-8-18(9-7-16)25(28)29/h6-9,15,17,19H,2-5,10-14H2,1H3,(H,22,27)(H,23,26)/t15-,19-/m0/s1. The first-order valence-electron chi connectivity index (χ1n) is 10.5. The maximum Gasteiger partial charge on any atom is 0.269 e. The van der Waals surface area contributed by atoms with Gasteiger partial charge in [-0.2, -0.15) is 0 Å². The van der Waals surface area contributed by atoms with Gasteiger partial charge in [-0.15, -0.1) is 0 Å². The highest BCUT2D eigenvalue weighted by molar-refractivity contribution is 5.94. The molecule has 2 aliphatic rings. The molecule has 2 fully saturated rings. The van der Waals surface area contributed by atoms with Crippen molar-refractivity contribution in [1.82, 2.24) is 15.5 Å². The average Bonchev–Trinajstić information content (AvgIpc) is 2.71. The van der Waals surface area contributed by atoms with Crippen molar-refractivity contribution in [2.75, 3.05) is 19.6 Å². The molecular formula is C21H30N4O4. The Morgan fingerprint density at radius 1 is 1.07 bits per heavy atom. The molecule has 158 valence electrons. The van der Waals surface area contributed by atoms with Crippen LogP contribution in [-0.4, -0.2) is 53.4 Å². The molecule has 1 aliphatic heterocycles. The maximum atomic E-state index is 12.4. The first-order chi connectivity index (χ1) is 13.9. The lowest BCUT2D eigenvalue weighted by Gasteiger charge is -2.33. The van der Waals surface area contributed by atoms with E-state index >= 15 is 0 Å². The number of rotatable bonds is 6. The predicted molar refractivity (Wildman–Crippen MR) is 110 cm³/mol. The van der Waals surface area contributed by atoms with E-state index in [1.54, 1.807) is 0 Å². The zero-order valence-electron chi connectivity index (χ0n) is 16.9. The third-order valence-electron chi connectivity index (χ3n) is 6.09. The SMILES string of the molecule is C[C@H]1CCCC[C@@H]1NC(=O)CN1CCC(NC(=O)c2ccc([N+](=O)[O-])cc2)CC1. The van der Waals surface area contributed by atoms with Crippen molar-refractivity contribution in [3.8, 4) is 0 Å². The molecule has 1 saturated heterocycles. The summed E-state index contributed by atoms with van der Waals surface area (Å²) < 4.78 is 0. The number of hydrogen-bond acceptors (Lipinski definition) is 5. The van der Waals surface area contributed by atoms with Gasteiger partial charge in [-0.25, -0.2) is 0 Å². The van der Waals surface area contributed by atoms with Crippen molar-refractivity contribution in [1.29, 1.82) is 0 Å². The Balaban J connectivity index is 1.40. The van der Waals surface area contributed by atoms with Crippen LogP contribution in [-0.2, 0) is 4.79 Å². The Labute approximate surface area is 171 Å². The fourth-order valence-electron chi connectivity index (χ4n) is 4.22. The number of carbonyl (C=O) groups is 2. The number of nitro groups is 1. The second-order valence-corrected chi connectivity index (χ2v) is 8.26. The van der Waals surface area contributed by atoms with Crippen molar-refractivity contribution in [2.24, 2.45) is 5.92 Å². The fourth-order valence-corrected chi connectivity index (χ4v) is 4.22. The van der Waals surface area contributed by atoms with Gasteiger partial charge in [0, 0.05) is 42.9 Å². The number of carbonyl (C=O) groups excluding carboxylic acids is 2. The third-order valence-corrected chi connectivity index (χ3v) is 6.09. The van der Waals surface area contributed by atoms with Crippen molar-refractivity contribution < 1.29 is 14.5 Å². The van der Waals surface area contributed by atoms with Crippen LogP contribution in [0.15, 0.2) is 24.3 Å². The van der Waals surface area contributed by atoms with Crippen LogP contribution in [0.1, 0.15) is 55.8 Å². The normalized spacial score (nSPS) is 23.3. The van der Waals surface area contributed by atoms with E-state index in [-0.39, 0.29) is 23.5 Å². The van der Waals surface area contributed by atoms with E-state index in [0.29, 0.717) is 24.1 Å². The number of non-ortho nitro benzene ring substituents is 1. The van der Waals surface area contributed by atoms with Gasteiger partial charge in [0.05, 0.1) is 11.5 Å². The molecule has 2 N–H and O–H groups in total. The van der Waals surface area contributed by atoms with Crippen LogP contribution >= 0.6 is 0 Å². The highest BCUT2D eigenvalue weighted by Gasteiger charge is 2.26. The van der Waals surface area contributed by atoms with E-state index in [1.807, 2.05) is 0 Å². The molecule has 0 bridgehead atoms. The lowest BCUT2D eigenvalue weighted by Crippen LogP contribution is -2.49. The van der Waals surface area contributed by atoms with Gasteiger partial charge in [0.25, 0.3) is 11.6 Å². The molecule has 2 amide bonds. The zero-order chi connectivity index (χ0) is 20.8. The van der Waals surface area contributed by atoms with Crippen LogP contribution in [0.5, 0.6) is 0 Å². The Morgan fingerprint density at radius 2 is 1.72 bits per heavy atom. The molecule has 2 atom stereocenters. The number of hydrogen-bond donors (Lipinski definition) is 2. The van der Waals surface area contributed by atoms with Crippen molar-refractivity contribution in [3.63, 3.8) is 0 Å². The van der Waals surface area contributed by atoms with E-state index < -0.39 is 4.92 Å². The summed E-state index contributed by atoms with van der Waals surface area (Å²) in [5.74, 6) is 0.424. The predicted octanol–water partition coefficient (Wildman–Crippen LogP) is 2.48. The summed E-state index contributed by atoms with van der Waals surface area (Å²) in [6.45, 7) is 4.15. The maximum absolute atomic E-state index is 12.4. The van der Waals surface area contributed by atoms with Crippen LogP contribution in [0.3, 0.4) is 0 Å². The molecular weight excluding hydrogens is 372 g/mol. The van der Waals surface area contributed by atoms with Gasteiger partial charge in [-0.05, 0) is 43.7 Å². The monoisotopic (exact) mass is 402 g/mol. The van der Waals surface area contributed by atoms with Crippen molar-refractivity contribution >= 4 is 17.5 Å². The van der Waals surface area contributed by atoms with Gasteiger partial charge >= 0.3 is 0 Å².